The van der Waals surface area contributed by atoms with E-state index in [2.05, 4.69) is 10.1 Å². The average Bonchev–Trinajstić information content (AvgIpc) is 3.48. The minimum atomic E-state index is -0.697. The first-order chi connectivity index (χ1) is 17.4. The minimum absolute atomic E-state index is 0.0948. The summed E-state index contributed by atoms with van der Waals surface area (Å²) in [4.78, 5) is 29.8. The fourth-order valence-corrected chi connectivity index (χ4v) is 4.27. The summed E-state index contributed by atoms with van der Waals surface area (Å²) in [5, 5.41) is 5.61. The van der Waals surface area contributed by atoms with Crippen molar-refractivity contribution in [1.82, 2.24) is 14.8 Å². The van der Waals surface area contributed by atoms with Gasteiger partial charge in [0.15, 0.2) is 11.9 Å². The van der Waals surface area contributed by atoms with Gasteiger partial charge in [-0.15, -0.1) is 0 Å². The van der Waals surface area contributed by atoms with Crippen molar-refractivity contribution in [3.63, 3.8) is 0 Å². The normalized spacial score (nSPS) is 19.4. The number of carbonyl (C=O) groups is 2. The van der Waals surface area contributed by atoms with Gasteiger partial charge in [0.25, 0.3) is 0 Å². The molecule has 3 heterocycles. The van der Waals surface area contributed by atoms with Crippen molar-refractivity contribution in [3.05, 3.63) is 94.3 Å². The van der Waals surface area contributed by atoms with Gasteiger partial charge in [0.2, 0.25) is 0 Å². The van der Waals surface area contributed by atoms with Crippen molar-refractivity contribution in [3.8, 4) is 0 Å². The molecule has 9 heteroatoms. The summed E-state index contributed by atoms with van der Waals surface area (Å²) in [5.74, 6) is -0.964. The lowest BCUT2D eigenvalue weighted by Crippen LogP contribution is -2.32. The zero-order chi connectivity index (χ0) is 25.2. The van der Waals surface area contributed by atoms with Gasteiger partial charge in [-0.3, -0.25) is 0 Å². The number of halogens is 1. The first-order valence-corrected chi connectivity index (χ1v) is 11.9. The van der Waals surface area contributed by atoms with Gasteiger partial charge >= 0.3 is 11.9 Å². The number of carbonyl (C=O) groups excluding carboxylic acids is 2. The van der Waals surface area contributed by atoms with Crippen LogP contribution in [0.4, 0.5) is 0 Å². The van der Waals surface area contributed by atoms with Crippen LogP contribution in [0.3, 0.4) is 0 Å². The van der Waals surface area contributed by atoms with Gasteiger partial charge in [-0.25, -0.2) is 19.3 Å². The van der Waals surface area contributed by atoms with Gasteiger partial charge in [0.1, 0.15) is 18.8 Å². The van der Waals surface area contributed by atoms with Crippen LogP contribution in [0.15, 0.2) is 67.0 Å². The average molecular weight is 506 g/mol. The second-order valence-electron chi connectivity index (χ2n) is 8.76. The lowest BCUT2D eigenvalue weighted by Gasteiger charge is -2.19. The number of benzene rings is 2. The van der Waals surface area contributed by atoms with Gasteiger partial charge in [0, 0.05) is 12.6 Å². The molecule has 3 atom stereocenters. The number of aryl methyl sites for hydroxylation is 2. The van der Waals surface area contributed by atoms with Crippen LogP contribution in [0.25, 0.3) is 11.0 Å². The molecule has 1 aliphatic rings. The van der Waals surface area contributed by atoms with E-state index in [9.17, 15) is 9.59 Å². The van der Waals surface area contributed by atoms with E-state index in [1.165, 1.54) is 0 Å². The predicted molar refractivity (Wildman–Crippen MR) is 133 cm³/mol. The molecule has 0 spiro atoms. The zero-order valence-electron chi connectivity index (χ0n) is 19.8. The van der Waals surface area contributed by atoms with E-state index in [1.54, 1.807) is 47.4 Å². The number of pyridine rings is 1. The van der Waals surface area contributed by atoms with Crippen LogP contribution >= 0.6 is 11.6 Å². The third-order valence-corrected chi connectivity index (χ3v) is 6.44. The Bertz CT molecular complexity index is 1400. The van der Waals surface area contributed by atoms with Crippen LogP contribution in [0.2, 0.25) is 5.02 Å². The van der Waals surface area contributed by atoms with E-state index in [0.717, 1.165) is 11.1 Å². The van der Waals surface area contributed by atoms with E-state index < -0.39 is 30.4 Å². The van der Waals surface area contributed by atoms with Gasteiger partial charge < -0.3 is 14.2 Å². The van der Waals surface area contributed by atoms with Crippen molar-refractivity contribution >= 4 is 34.6 Å². The number of nitrogens with zero attached hydrogens (tertiary/aromatic N) is 3. The molecule has 0 unspecified atom stereocenters. The summed E-state index contributed by atoms with van der Waals surface area (Å²) in [7, 11) is 0. The molecule has 0 aliphatic carbocycles. The Labute approximate surface area is 212 Å². The topological polar surface area (TPSA) is 92.5 Å². The molecule has 0 radical (unpaired) electrons. The predicted octanol–water partition coefficient (Wildman–Crippen LogP) is 5.07. The van der Waals surface area contributed by atoms with Gasteiger partial charge in [0.05, 0.1) is 27.7 Å². The molecule has 0 amide bonds. The molecule has 4 aromatic rings. The molecule has 0 saturated carbocycles. The third kappa shape index (κ3) is 4.96. The Kier molecular flexibility index (Phi) is 6.71. The molecule has 1 fully saturated rings. The molecule has 36 heavy (non-hydrogen) atoms. The van der Waals surface area contributed by atoms with Crippen molar-refractivity contribution in [1.29, 1.82) is 0 Å². The van der Waals surface area contributed by atoms with Gasteiger partial charge in [-0.2, -0.15) is 5.10 Å². The second-order valence-corrected chi connectivity index (χ2v) is 9.17. The SMILES string of the molecule is Cc1ccc(C(=O)OC[C@H]2O[C@@H](n3ncc4c(Cl)ccnc43)C[C@@H]2OC(=O)c2ccc(C)cc2)cc1. The van der Waals surface area contributed by atoms with Crippen molar-refractivity contribution in [2.75, 3.05) is 6.61 Å². The number of ether oxygens (including phenoxy) is 3. The number of rotatable bonds is 6. The summed E-state index contributed by atoms with van der Waals surface area (Å²) in [5.41, 5.74) is 3.48. The molecule has 5 rings (SSSR count). The maximum atomic E-state index is 12.9. The highest BCUT2D eigenvalue weighted by atomic mass is 35.5. The van der Waals surface area contributed by atoms with Crippen molar-refractivity contribution < 1.29 is 23.8 Å². The Hall–Kier alpha value is -3.75. The molecule has 0 bridgehead atoms. The summed E-state index contributed by atoms with van der Waals surface area (Å²) in [6, 6.07) is 15.9. The van der Waals surface area contributed by atoms with Crippen LogP contribution in [0, 0.1) is 13.8 Å². The van der Waals surface area contributed by atoms with Crippen molar-refractivity contribution in [2.24, 2.45) is 0 Å². The first-order valence-electron chi connectivity index (χ1n) is 11.5. The van der Waals surface area contributed by atoms with Crippen LogP contribution in [-0.4, -0.2) is 45.5 Å². The van der Waals surface area contributed by atoms with E-state index in [-0.39, 0.29) is 6.61 Å². The monoisotopic (exact) mass is 505 g/mol. The summed E-state index contributed by atoms with van der Waals surface area (Å²) < 4.78 is 19.2. The molecule has 1 saturated heterocycles. The van der Waals surface area contributed by atoms with Crippen LogP contribution < -0.4 is 0 Å². The number of hydrogen-bond acceptors (Lipinski definition) is 7. The summed E-state index contributed by atoms with van der Waals surface area (Å²) in [6.07, 6.45) is 1.55. The standard InChI is InChI=1S/C27H24ClN3O5/c1-16-3-7-18(8-4-16)26(32)34-15-23-22(36-27(33)19-9-5-17(2)6-10-19)13-24(35-23)31-25-20(14-30-31)21(28)11-12-29-25/h3-12,14,22-24H,13,15H2,1-2H3/t22-,23+,24+/m0/s1. The Morgan fingerprint density at radius 1 is 1.00 bits per heavy atom. The second kappa shape index (κ2) is 10.1. The van der Waals surface area contributed by atoms with Crippen LogP contribution in [-0.2, 0) is 14.2 Å². The summed E-state index contributed by atoms with van der Waals surface area (Å²) in [6.45, 7) is 3.79. The number of esters is 2. The Balaban J connectivity index is 1.36. The highest BCUT2D eigenvalue weighted by molar-refractivity contribution is 6.35. The highest BCUT2D eigenvalue weighted by Crippen LogP contribution is 2.34. The van der Waals surface area contributed by atoms with Crippen molar-refractivity contribution in [2.45, 2.75) is 38.7 Å². The lowest BCUT2D eigenvalue weighted by molar-refractivity contribution is -0.0590. The zero-order valence-corrected chi connectivity index (χ0v) is 20.5. The van der Waals surface area contributed by atoms with Gasteiger partial charge in [-0.1, -0.05) is 47.0 Å². The largest absolute Gasteiger partial charge is 0.459 e. The maximum absolute atomic E-state index is 12.9. The minimum Gasteiger partial charge on any atom is -0.459 e. The van der Waals surface area contributed by atoms with E-state index in [1.807, 2.05) is 38.1 Å². The van der Waals surface area contributed by atoms with E-state index >= 15 is 0 Å². The Morgan fingerprint density at radius 2 is 1.64 bits per heavy atom. The molecule has 0 N–H and O–H groups in total. The quantitative estimate of drug-likeness (QED) is 0.338. The number of aromatic nitrogens is 3. The molecular weight excluding hydrogens is 482 g/mol. The fraction of sp³-hybridized carbons (Fsp3) is 0.259. The smallest absolute Gasteiger partial charge is 0.338 e. The molecule has 1 aliphatic heterocycles. The lowest BCUT2D eigenvalue weighted by atomic mass is 10.1. The maximum Gasteiger partial charge on any atom is 0.338 e. The number of hydrogen-bond donors (Lipinski definition) is 0. The fourth-order valence-electron chi connectivity index (χ4n) is 4.08. The van der Waals surface area contributed by atoms with E-state index in [4.69, 9.17) is 25.8 Å². The van der Waals surface area contributed by atoms with Crippen LogP contribution in [0.5, 0.6) is 0 Å². The summed E-state index contributed by atoms with van der Waals surface area (Å²) >= 11 is 6.27. The molecule has 184 valence electrons. The van der Waals surface area contributed by atoms with Gasteiger partial charge in [-0.05, 0) is 44.2 Å². The number of fused-ring (bicyclic) bond motifs is 1. The Morgan fingerprint density at radius 3 is 2.31 bits per heavy atom. The first kappa shape index (κ1) is 24.0. The molecular formula is C27H24ClN3O5. The molecule has 2 aromatic heterocycles. The molecule has 8 nitrogen and oxygen atoms in total. The highest BCUT2D eigenvalue weighted by Gasteiger charge is 2.41. The van der Waals surface area contributed by atoms with Crippen LogP contribution in [0.1, 0.15) is 44.5 Å². The third-order valence-electron chi connectivity index (χ3n) is 6.11. The van der Waals surface area contributed by atoms with E-state index in [0.29, 0.717) is 33.6 Å². The molecule has 2 aromatic carbocycles.